The minimum absolute atomic E-state index is 0. The summed E-state index contributed by atoms with van der Waals surface area (Å²) in [4.78, 5) is 6.17. The van der Waals surface area contributed by atoms with E-state index in [1.54, 1.807) is 12.4 Å². The Balaban J connectivity index is 0.000000189. The Bertz CT molecular complexity index is 185. The molecule has 0 saturated carbocycles. The molecule has 0 bridgehead atoms. The van der Waals surface area contributed by atoms with E-state index in [1.807, 2.05) is 12.2 Å². The number of nitrogens with one attached hydrogen (secondary N) is 1. The molecule has 12 heavy (non-hydrogen) atoms. The molecule has 0 spiro atoms. The van der Waals surface area contributed by atoms with Gasteiger partial charge in [0, 0.05) is 0 Å². The third kappa shape index (κ3) is 6.05. The number of H-pyrrole nitrogens is 1. The SMILES string of the molecule is [C-]1=CC=CCC1.[Ru+2].[c-]1ncc[nH]1. The Labute approximate surface area is 85.6 Å². The Morgan fingerprint density at radius 1 is 1.42 bits per heavy atom. The van der Waals surface area contributed by atoms with E-state index in [0.29, 0.717) is 0 Å². The zero-order chi connectivity index (χ0) is 7.78. The first-order valence-corrected chi connectivity index (χ1v) is 3.57. The fourth-order valence-corrected chi connectivity index (χ4v) is 0.669. The van der Waals surface area contributed by atoms with Crippen molar-refractivity contribution in [1.82, 2.24) is 9.97 Å². The molecule has 1 aromatic rings. The fourth-order valence-electron chi connectivity index (χ4n) is 0.669. The second-order valence-electron chi connectivity index (χ2n) is 2.04. The van der Waals surface area contributed by atoms with Gasteiger partial charge in [-0.2, -0.15) is 6.08 Å². The number of nitrogens with zero attached hydrogens (tertiary/aromatic N) is 1. The molecule has 2 nitrogen and oxygen atoms in total. The predicted molar refractivity (Wildman–Crippen MR) is 43.6 cm³/mol. The zero-order valence-electron chi connectivity index (χ0n) is 6.60. The number of imidazole rings is 1. The number of aromatic nitrogens is 2. The van der Waals surface area contributed by atoms with Crippen molar-refractivity contribution < 1.29 is 19.5 Å². The van der Waals surface area contributed by atoms with Crippen molar-refractivity contribution in [1.29, 1.82) is 0 Å². The summed E-state index contributed by atoms with van der Waals surface area (Å²) in [5.74, 6) is 0. The molecule has 1 aliphatic rings. The van der Waals surface area contributed by atoms with Crippen LogP contribution in [-0.2, 0) is 19.5 Å². The maximum absolute atomic E-state index is 3.54. The van der Waals surface area contributed by atoms with Crippen LogP contribution in [0.2, 0.25) is 0 Å². The first-order valence-electron chi connectivity index (χ1n) is 3.57. The summed E-state index contributed by atoms with van der Waals surface area (Å²) < 4.78 is 0. The number of rotatable bonds is 0. The topological polar surface area (TPSA) is 28.7 Å². The Morgan fingerprint density at radius 3 is 2.50 bits per heavy atom. The van der Waals surface area contributed by atoms with Crippen molar-refractivity contribution in [3.05, 3.63) is 43.0 Å². The van der Waals surface area contributed by atoms with Gasteiger partial charge in [-0.25, -0.2) is 12.2 Å². The normalized spacial score (nSPS) is 12.7. The monoisotopic (exact) mass is 248 g/mol. The van der Waals surface area contributed by atoms with Gasteiger partial charge in [0.05, 0.1) is 0 Å². The molecular formula is C9H10N2Ru. The Morgan fingerprint density at radius 2 is 2.33 bits per heavy atom. The maximum Gasteiger partial charge on any atom is 2.00 e. The third-order valence-electron chi connectivity index (χ3n) is 1.17. The van der Waals surface area contributed by atoms with E-state index in [0.717, 1.165) is 6.42 Å². The second-order valence-corrected chi connectivity index (χ2v) is 2.04. The fraction of sp³-hybridized carbons (Fsp3) is 0.222. The van der Waals surface area contributed by atoms with E-state index in [4.69, 9.17) is 0 Å². The van der Waals surface area contributed by atoms with Crippen LogP contribution in [0.15, 0.2) is 30.6 Å². The van der Waals surface area contributed by atoms with Crippen molar-refractivity contribution >= 4 is 0 Å². The predicted octanol–water partition coefficient (Wildman–Crippen LogP) is 1.90. The molecule has 0 aliphatic heterocycles. The molecule has 1 heterocycles. The Kier molecular flexibility index (Phi) is 7.93. The van der Waals surface area contributed by atoms with Gasteiger partial charge in [-0.15, -0.1) is 18.8 Å². The molecule has 3 heteroatoms. The molecule has 64 valence electrons. The van der Waals surface area contributed by atoms with E-state index < -0.39 is 0 Å². The van der Waals surface area contributed by atoms with Crippen LogP contribution in [0.5, 0.6) is 0 Å². The summed E-state index contributed by atoms with van der Waals surface area (Å²) in [6.07, 6.45) is 17.3. The van der Waals surface area contributed by atoms with Crippen molar-refractivity contribution in [3.63, 3.8) is 0 Å². The minimum Gasteiger partial charge on any atom is -0.467 e. The average molecular weight is 247 g/mol. The summed E-state index contributed by atoms with van der Waals surface area (Å²) in [5.41, 5.74) is 0. The molecule has 0 aromatic carbocycles. The maximum atomic E-state index is 3.54. The van der Waals surface area contributed by atoms with Gasteiger partial charge in [0.15, 0.2) is 0 Å². The number of allylic oxidation sites excluding steroid dienone is 4. The van der Waals surface area contributed by atoms with Crippen molar-refractivity contribution in [3.8, 4) is 0 Å². The van der Waals surface area contributed by atoms with E-state index in [9.17, 15) is 0 Å². The molecule has 0 radical (unpaired) electrons. The van der Waals surface area contributed by atoms with Gasteiger partial charge in [-0.1, -0.05) is 6.42 Å². The van der Waals surface area contributed by atoms with Crippen molar-refractivity contribution in [2.24, 2.45) is 0 Å². The van der Waals surface area contributed by atoms with Gasteiger partial charge in [0.2, 0.25) is 0 Å². The summed E-state index contributed by atoms with van der Waals surface area (Å²) in [5, 5.41) is 0. The van der Waals surface area contributed by atoms with Gasteiger partial charge in [0.25, 0.3) is 0 Å². The second kappa shape index (κ2) is 8.41. The van der Waals surface area contributed by atoms with Crippen LogP contribution in [-0.4, -0.2) is 9.97 Å². The Hall–Kier alpha value is -0.687. The van der Waals surface area contributed by atoms with E-state index in [1.165, 1.54) is 6.42 Å². The van der Waals surface area contributed by atoms with Crippen molar-refractivity contribution in [2.45, 2.75) is 12.8 Å². The van der Waals surface area contributed by atoms with Gasteiger partial charge < -0.3 is 9.97 Å². The van der Waals surface area contributed by atoms with Gasteiger partial charge in [-0.05, 0) is 6.33 Å². The van der Waals surface area contributed by atoms with E-state index in [2.05, 4.69) is 28.4 Å². The zero-order valence-corrected chi connectivity index (χ0v) is 8.34. The summed E-state index contributed by atoms with van der Waals surface area (Å²) in [6, 6.07) is 0. The molecule has 0 amide bonds. The molecule has 1 N–H and O–H groups in total. The van der Waals surface area contributed by atoms with Gasteiger partial charge in [0.1, 0.15) is 0 Å². The molecule has 0 unspecified atom stereocenters. The van der Waals surface area contributed by atoms with Crippen LogP contribution in [0.4, 0.5) is 0 Å². The number of aromatic amines is 1. The van der Waals surface area contributed by atoms with Crippen LogP contribution in [0.1, 0.15) is 12.8 Å². The van der Waals surface area contributed by atoms with Crippen LogP contribution in [0, 0.1) is 12.4 Å². The summed E-state index contributed by atoms with van der Waals surface area (Å²) in [6.45, 7) is 0. The summed E-state index contributed by atoms with van der Waals surface area (Å²) in [7, 11) is 0. The molecule has 0 saturated heterocycles. The quantitative estimate of drug-likeness (QED) is 0.550. The molecule has 1 aliphatic carbocycles. The van der Waals surface area contributed by atoms with Crippen LogP contribution >= 0.6 is 0 Å². The summed E-state index contributed by atoms with van der Waals surface area (Å²) >= 11 is 0. The molecular weight excluding hydrogens is 237 g/mol. The molecule has 1 aromatic heterocycles. The van der Waals surface area contributed by atoms with Crippen LogP contribution < -0.4 is 0 Å². The standard InChI is InChI=1S/C6H7.C3H3N2.Ru/c1-2-4-6-5-3-1;1-2-5-3-4-1;/h1-3H,4,6H2;1-2H,(H,4,5);/q2*-1;+2. The number of hydrogen-bond donors (Lipinski definition) is 1. The minimum atomic E-state index is 0. The third-order valence-corrected chi connectivity index (χ3v) is 1.17. The first-order chi connectivity index (χ1) is 5.50. The largest absolute Gasteiger partial charge is 2.00 e. The van der Waals surface area contributed by atoms with Crippen LogP contribution in [0.3, 0.4) is 0 Å². The van der Waals surface area contributed by atoms with Crippen molar-refractivity contribution in [2.75, 3.05) is 0 Å². The molecule has 2 rings (SSSR count). The molecule has 0 atom stereocenters. The van der Waals surface area contributed by atoms with E-state index >= 15 is 0 Å². The molecule has 0 fully saturated rings. The van der Waals surface area contributed by atoms with Gasteiger partial charge in [-0.3, -0.25) is 6.08 Å². The first kappa shape index (κ1) is 11.3. The smallest absolute Gasteiger partial charge is 0.467 e. The number of hydrogen-bond acceptors (Lipinski definition) is 1. The van der Waals surface area contributed by atoms with E-state index in [-0.39, 0.29) is 19.5 Å². The van der Waals surface area contributed by atoms with Crippen LogP contribution in [0.25, 0.3) is 0 Å². The average Bonchev–Trinajstić information content (AvgIpc) is 2.64. The van der Waals surface area contributed by atoms with Gasteiger partial charge >= 0.3 is 19.5 Å².